The fourth-order valence-electron chi connectivity index (χ4n) is 2.77. The van der Waals surface area contributed by atoms with E-state index in [0.717, 1.165) is 12.8 Å². The van der Waals surface area contributed by atoms with Gasteiger partial charge in [-0.2, -0.15) is 0 Å². The highest BCUT2D eigenvalue weighted by molar-refractivity contribution is 7.80. The van der Waals surface area contributed by atoms with Crippen LogP contribution in [0.1, 0.15) is 50.4 Å². The molecule has 0 saturated carbocycles. The number of rotatable bonds is 3. The minimum atomic E-state index is -0.0879. The molecule has 2 rings (SSSR count). The number of hydrogen-bond donors (Lipinski definition) is 2. The third kappa shape index (κ3) is 5.27. The van der Waals surface area contributed by atoms with Crippen LogP contribution in [-0.4, -0.2) is 35.8 Å². The van der Waals surface area contributed by atoms with Gasteiger partial charge in [-0.25, -0.2) is 0 Å². The predicted octanol–water partition coefficient (Wildman–Crippen LogP) is 3.13. The van der Waals surface area contributed by atoms with Gasteiger partial charge in [0, 0.05) is 30.4 Å². The van der Waals surface area contributed by atoms with E-state index < -0.39 is 0 Å². The van der Waals surface area contributed by atoms with Gasteiger partial charge in [0.25, 0.3) is 5.91 Å². The second kappa shape index (κ2) is 7.39. The van der Waals surface area contributed by atoms with Crippen molar-refractivity contribution in [2.24, 2.45) is 5.41 Å². The molecule has 0 aromatic heterocycles. The van der Waals surface area contributed by atoms with Crippen molar-refractivity contribution < 1.29 is 9.59 Å². The first kappa shape index (κ1) is 17.9. The Balaban J connectivity index is 1.84. The number of amides is 2. The molecule has 0 bridgehead atoms. The summed E-state index contributed by atoms with van der Waals surface area (Å²) in [5.74, 6) is 0.123. The largest absolute Gasteiger partial charge is 0.349 e. The quantitative estimate of drug-likeness (QED) is 0.835. The monoisotopic (exact) mass is 334 g/mol. The van der Waals surface area contributed by atoms with Gasteiger partial charge in [-0.15, -0.1) is 12.6 Å². The molecule has 23 heavy (non-hydrogen) atoms. The molecule has 0 unspecified atom stereocenters. The van der Waals surface area contributed by atoms with Crippen LogP contribution in [0, 0.1) is 5.41 Å². The number of benzene rings is 1. The third-order valence-electron chi connectivity index (χ3n) is 4.01. The van der Waals surface area contributed by atoms with Crippen LogP contribution >= 0.6 is 12.6 Å². The van der Waals surface area contributed by atoms with Gasteiger partial charge in [-0.1, -0.05) is 32.9 Å². The fourth-order valence-corrected chi connectivity index (χ4v) is 3.03. The van der Waals surface area contributed by atoms with Gasteiger partial charge >= 0.3 is 0 Å². The number of thiol groups is 1. The van der Waals surface area contributed by atoms with Crippen molar-refractivity contribution in [3.8, 4) is 0 Å². The van der Waals surface area contributed by atoms with Crippen LogP contribution in [0.2, 0.25) is 0 Å². The van der Waals surface area contributed by atoms with E-state index in [1.54, 1.807) is 6.07 Å². The van der Waals surface area contributed by atoms with E-state index in [9.17, 15) is 9.59 Å². The molecular weight excluding hydrogens is 308 g/mol. The lowest BCUT2D eigenvalue weighted by Gasteiger charge is -2.34. The highest BCUT2D eigenvalue weighted by atomic mass is 32.1. The second-order valence-corrected chi connectivity index (χ2v) is 7.86. The van der Waals surface area contributed by atoms with E-state index in [1.807, 2.05) is 23.1 Å². The summed E-state index contributed by atoms with van der Waals surface area (Å²) in [4.78, 5) is 27.1. The lowest BCUT2D eigenvalue weighted by atomic mass is 9.91. The van der Waals surface area contributed by atoms with E-state index in [1.165, 1.54) is 0 Å². The fraction of sp³-hybridized carbons (Fsp3) is 0.556. The van der Waals surface area contributed by atoms with Crippen molar-refractivity contribution in [3.63, 3.8) is 0 Å². The Kier molecular flexibility index (Phi) is 5.74. The molecular formula is C18H26N2O2S. The molecule has 2 amide bonds. The van der Waals surface area contributed by atoms with E-state index in [-0.39, 0.29) is 23.3 Å². The molecule has 0 radical (unpaired) electrons. The van der Waals surface area contributed by atoms with Crippen LogP contribution in [0.15, 0.2) is 29.2 Å². The van der Waals surface area contributed by atoms with Gasteiger partial charge in [-0.3, -0.25) is 9.59 Å². The van der Waals surface area contributed by atoms with Crippen molar-refractivity contribution in [3.05, 3.63) is 29.8 Å². The number of hydrogen-bond acceptors (Lipinski definition) is 3. The van der Waals surface area contributed by atoms with Crippen LogP contribution in [0.3, 0.4) is 0 Å². The number of nitrogens with zero attached hydrogens (tertiary/aromatic N) is 1. The van der Waals surface area contributed by atoms with E-state index >= 15 is 0 Å². The molecule has 1 aromatic rings. The van der Waals surface area contributed by atoms with E-state index in [4.69, 9.17) is 0 Å². The van der Waals surface area contributed by atoms with Crippen molar-refractivity contribution in [2.45, 2.75) is 51.0 Å². The number of carbonyl (C=O) groups excluding carboxylic acids is 2. The van der Waals surface area contributed by atoms with E-state index in [0.29, 0.717) is 30.0 Å². The highest BCUT2D eigenvalue weighted by Crippen LogP contribution is 2.22. The molecule has 4 nitrogen and oxygen atoms in total. The lowest BCUT2D eigenvalue weighted by Crippen LogP contribution is -2.47. The molecule has 1 fully saturated rings. The number of likely N-dealkylation sites (tertiary alicyclic amines) is 1. The Morgan fingerprint density at radius 2 is 1.83 bits per heavy atom. The zero-order chi connectivity index (χ0) is 17.0. The number of piperidine rings is 1. The van der Waals surface area contributed by atoms with Crippen LogP contribution in [-0.2, 0) is 4.79 Å². The normalized spacial score (nSPS) is 16.3. The van der Waals surface area contributed by atoms with Crippen LogP contribution in [0.25, 0.3) is 0 Å². The first-order valence-electron chi connectivity index (χ1n) is 8.13. The standard InChI is InChI=1S/C18H26N2O2S/c1-18(2,3)12-16(21)20-10-8-13(9-11-20)19-17(22)14-6-4-5-7-15(14)23/h4-7,13,23H,8-12H2,1-3H3,(H,19,22). The molecule has 5 heteroatoms. The van der Waals surface area contributed by atoms with Gasteiger partial charge in [0.2, 0.25) is 5.91 Å². The summed E-state index contributed by atoms with van der Waals surface area (Å²) in [6.07, 6.45) is 2.17. The van der Waals surface area contributed by atoms with Crippen molar-refractivity contribution in [1.29, 1.82) is 0 Å². The molecule has 126 valence electrons. The highest BCUT2D eigenvalue weighted by Gasteiger charge is 2.26. The molecule has 1 aromatic carbocycles. The Hall–Kier alpha value is -1.49. The molecule has 1 N–H and O–H groups in total. The average molecular weight is 334 g/mol. The maximum Gasteiger partial charge on any atom is 0.252 e. The summed E-state index contributed by atoms with van der Waals surface area (Å²) in [6.45, 7) is 7.65. The van der Waals surface area contributed by atoms with E-state index in [2.05, 4.69) is 38.7 Å². The van der Waals surface area contributed by atoms with Crippen molar-refractivity contribution in [1.82, 2.24) is 10.2 Å². The zero-order valence-corrected chi connectivity index (χ0v) is 15.0. The average Bonchev–Trinajstić information content (AvgIpc) is 2.46. The topological polar surface area (TPSA) is 49.4 Å². The predicted molar refractivity (Wildman–Crippen MR) is 94.8 cm³/mol. The maximum absolute atomic E-state index is 12.3. The van der Waals surface area contributed by atoms with Crippen LogP contribution in [0.4, 0.5) is 0 Å². The second-order valence-electron chi connectivity index (χ2n) is 7.38. The summed E-state index contributed by atoms with van der Waals surface area (Å²) < 4.78 is 0. The summed E-state index contributed by atoms with van der Waals surface area (Å²) in [5, 5.41) is 3.06. The van der Waals surface area contributed by atoms with Gasteiger partial charge in [0.15, 0.2) is 0 Å². The maximum atomic E-state index is 12.3. The summed E-state index contributed by atoms with van der Waals surface area (Å²) >= 11 is 4.32. The molecule has 0 spiro atoms. The Morgan fingerprint density at radius 3 is 2.39 bits per heavy atom. The SMILES string of the molecule is CC(C)(C)CC(=O)N1CCC(NC(=O)c2ccccc2S)CC1. The Bertz CT molecular complexity index is 573. The van der Waals surface area contributed by atoms with Crippen LogP contribution < -0.4 is 5.32 Å². The van der Waals surface area contributed by atoms with Gasteiger partial charge < -0.3 is 10.2 Å². The molecule has 0 aliphatic carbocycles. The molecule has 0 atom stereocenters. The Labute approximate surface area is 144 Å². The minimum Gasteiger partial charge on any atom is -0.349 e. The molecule has 1 saturated heterocycles. The smallest absolute Gasteiger partial charge is 0.252 e. The lowest BCUT2D eigenvalue weighted by molar-refractivity contribution is -0.134. The first-order valence-corrected chi connectivity index (χ1v) is 8.57. The van der Waals surface area contributed by atoms with Crippen LogP contribution in [0.5, 0.6) is 0 Å². The molecule has 1 aliphatic heterocycles. The number of nitrogens with one attached hydrogen (secondary N) is 1. The summed E-state index contributed by atoms with van der Waals surface area (Å²) in [5.41, 5.74) is 0.611. The molecule has 1 aliphatic rings. The first-order chi connectivity index (χ1) is 10.8. The summed E-state index contributed by atoms with van der Waals surface area (Å²) in [7, 11) is 0. The number of carbonyl (C=O) groups is 2. The minimum absolute atomic E-state index is 0.0123. The molecule has 1 heterocycles. The Morgan fingerprint density at radius 1 is 1.22 bits per heavy atom. The van der Waals surface area contributed by atoms with Crippen molar-refractivity contribution in [2.75, 3.05) is 13.1 Å². The van der Waals surface area contributed by atoms with Gasteiger partial charge in [0.05, 0.1) is 5.56 Å². The third-order valence-corrected chi connectivity index (χ3v) is 4.40. The summed E-state index contributed by atoms with van der Waals surface area (Å²) in [6, 6.07) is 7.40. The zero-order valence-electron chi connectivity index (χ0n) is 14.1. The van der Waals surface area contributed by atoms with Gasteiger partial charge in [0.1, 0.15) is 0 Å². The van der Waals surface area contributed by atoms with Gasteiger partial charge in [-0.05, 0) is 30.4 Å². The van der Waals surface area contributed by atoms with Crippen molar-refractivity contribution >= 4 is 24.4 Å².